The molecule has 2 N–H and O–H groups in total. The first-order valence-electron chi connectivity index (χ1n) is 12.0. The highest BCUT2D eigenvalue weighted by atomic mass is 16.5. The Balaban J connectivity index is 1.25. The molecular weight excluding hydrogens is 390 g/mol. The van der Waals surface area contributed by atoms with E-state index >= 15 is 0 Å². The molecular formula is C24H39N5O2. The molecule has 0 spiro atoms. The summed E-state index contributed by atoms with van der Waals surface area (Å²) in [5, 5.41) is 14.1. The molecule has 0 amide bonds. The Bertz CT molecular complexity index is 722. The number of aliphatic hydroxyl groups excluding tert-OH is 1. The maximum absolute atomic E-state index is 10.7. The second-order valence-corrected chi connectivity index (χ2v) is 9.12. The van der Waals surface area contributed by atoms with Gasteiger partial charge in [-0.2, -0.15) is 0 Å². The fraction of sp³-hybridized carbons (Fsp3) is 0.708. The summed E-state index contributed by atoms with van der Waals surface area (Å²) in [7, 11) is 0. The van der Waals surface area contributed by atoms with E-state index in [1.807, 2.05) is 0 Å². The fourth-order valence-corrected chi connectivity index (χ4v) is 5.01. The molecule has 7 heteroatoms. The molecule has 0 bridgehead atoms. The summed E-state index contributed by atoms with van der Waals surface area (Å²) in [6.45, 7) is 13.1. The zero-order chi connectivity index (χ0) is 21.5. The normalized spacial score (nSPS) is 24.3. The SMILES string of the molecule is CCNC(=NCC(O)CN1CCc2ccccc2C1)N1CCC(CN2CCOCC2)C1. The highest BCUT2D eigenvalue weighted by molar-refractivity contribution is 5.80. The van der Waals surface area contributed by atoms with Crippen LogP contribution in [-0.4, -0.2) is 104 Å². The Morgan fingerprint density at radius 1 is 1.16 bits per heavy atom. The van der Waals surface area contributed by atoms with Gasteiger partial charge in [0.05, 0.1) is 25.9 Å². The quantitative estimate of drug-likeness (QED) is 0.499. The number of nitrogens with zero attached hydrogens (tertiary/aromatic N) is 4. The molecule has 7 nitrogen and oxygen atoms in total. The first-order valence-corrected chi connectivity index (χ1v) is 12.0. The van der Waals surface area contributed by atoms with Crippen molar-refractivity contribution in [3.8, 4) is 0 Å². The average molecular weight is 430 g/mol. The number of likely N-dealkylation sites (tertiary alicyclic amines) is 1. The zero-order valence-electron chi connectivity index (χ0n) is 19.0. The molecule has 3 aliphatic rings. The van der Waals surface area contributed by atoms with Crippen LogP contribution in [0.15, 0.2) is 29.3 Å². The van der Waals surface area contributed by atoms with Crippen molar-refractivity contribution in [1.29, 1.82) is 0 Å². The average Bonchev–Trinajstić information content (AvgIpc) is 3.25. The number of fused-ring (bicyclic) bond motifs is 1. The van der Waals surface area contributed by atoms with Gasteiger partial charge < -0.3 is 20.1 Å². The molecule has 1 aromatic rings. The number of nitrogens with one attached hydrogen (secondary N) is 1. The van der Waals surface area contributed by atoms with Gasteiger partial charge in [0.1, 0.15) is 0 Å². The predicted molar refractivity (Wildman–Crippen MR) is 124 cm³/mol. The Labute approximate surface area is 187 Å². The lowest BCUT2D eigenvalue weighted by Crippen LogP contribution is -2.43. The van der Waals surface area contributed by atoms with Crippen molar-refractivity contribution in [2.24, 2.45) is 10.9 Å². The van der Waals surface area contributed by atoms with E-state index in [1.54, 1.807) is 0 Å². The van der Waals surface area contributed by atoms with Gasteiger partial charge in [0.25, 0.3) is 0 Å². The maximum atomic E-state index is 10.7. The number of morpholine rings is 1. The van der Waals surface area contributed by atoms with Gasteiger partial charge in [-0.25, -0.2) is 0 Å². The third-order valence-corrected chi connectivity index (χ3v) is 6.67. The molecule has 0 saturated carbocycles. The molecule has 172 valence electrons. The lowest BCUT2D eigenvalue weighted by molar-refractivity contribution is 0.0315. The van der Waals surface area contributed by atoms with E-state index < -0.39 is 6.10 Å². The summed E-state index contributed by atoms with van der Waals surface area (Å²) in [4.78, 5) is 12.1. The monoisotopic (exact) mass is 429 g/mol. The Morgan fingerprint density at radius 2 is 1.97 bits per heavy atom. The Hall–Kier alpha value is -1.67. The highest BCUT2D eigenvalue weighted by Gasteiger charge is 2.27. The minimum atomic E-state index is -0.439. The van der Waals surface area contributed by atoms with Crippen LogP contribution in [0.25, 0.3) is 0 Å². The van der Waals surface area contributed by atoms with Crippen LogP contribution >= 0.6 is 0 Å². The molecule has 0 aliphatic carbocycles. The predicted octanol–water partition coefficient (Wildman–Crippen LogP) is 1.03. The highest BCUT2D eigenvalue weighted by Crippen LogP contribution is 2.20. The lowest BCUT2D eigenvalue weighted by atomic mass is 10.00. The van der Waals surface area contributed by atoms with Crippen molar-refractivity contribution in [2.45, 2.75) is 32.4 Å². The van der Waals surface area contributed by atoms with E-state index in [9.17, 15) is 5.11 Å². The molecule has 2 unspecified atom stereocenters. The van der Waals surface area contributed by atoms with Crippen molar-refractivity contribution in [2.75, 3.05) is 72.1 Å². The van der Waals surface area contributed by atoms with Gasteiger partial charge >= 0.3 is 0 Å². The molecule has 2 saturated heterocycles. The van der Waals surface area contributed by atoms with E-state index in [0.717, 1.165) is 78.0 Å². The maximum Gasteiger partial charge on any atom is 0.194 e. The second-order valence-electron chi connectivity index (χ2n) is 9.12. The number of ether oxygens (including phenoxy) is 1. The molecule has 0 aromatic heterocycles. The van der Waals surface area contributed by atoms with Crippen molar-refractivity contribution in [1.82, 2.24) is 20.0 Å². The van der Waals surface area contributed by atoms with E-state index in [2.05, 4.69) is 51.2 Å². The van der Waals surface area contributed by atoms with Crippen molar-refractivity contribution >= 4 is 5.96 Å². The number of aliphatic imine (C=N–C) groups is 1. The molecule has 31 heavy (non-hydrogen) atoms. The van der Waals surface area contributed by atoms with Crippen LogP contribution in [0.3, 0.4) is 0 Å². The third-order valence-electron chi connectivity index (χ3n) is 6.67. The topological polar surface area (TPSA) is 63.6 Å². The van der Waals surface area contributed by atoms with Crippen LogP contribution in [0.5, 0.6) is 0 Å². The summed E-state index contributed by atoms with van der Waals surface area (Å²) in [6, 6.07) is 8.65. The van der Waals surface area contributed by atoms with Crippen molar-refractivity contribution in [3.05, 3.63) is 35.4 Å². The summed E-state index contributed by atoms with van der Waals surface area (Å²) in [5.74, 6) is 1.63. The Morgan fingerprint density at radius 3 is 2.77 bits per heavy atom. The number of hydrogen-bond acceptors (Lipinski definition) is 5. The van der Waals surface area contributed by atoms with Gasteiger partial charge in [0, 0.05) is 58.9 Å². The van der Waals surface area contributed by atoms with Gasteiger partial charge in [0.15, 0.2) is 5.96 Å². The van der Waals surface area contributed by atoms with Crippen LogP contribution < -0.4 is 5.32 Å². The Kier molecular flexibility index (Phi) is 8.19. The lowest BCUT2D eigenvalue weighted by Gasteiger charge is -2.30. The second kappa shape index (κ2) is 11.3. The van der Waals surface area contributed by atoms with E-state index in [1.165, 1.54) is 17.5 Å². The number of β-amino-alcohol motifs (C(OH)–C–C–N with tert-alkyl or cyclic N) is 1. The molecule has 0 radical (unpaired) electrons. The number of benzene rings is 1. The minimum Gasteiger partial charge on any atom is -0.390 e. The first kappa shape index (κ1) is 22.5. The molecule has 2 fully saturated rings. The third kappa shape index (κ3) is 6.42. The molecule has 3 heterocycles. The summed E-state index contributed by atoms with van der Waals surface area (Å²) in [6.07, 6.45) is 1.83. The number of aliphatic hydroxyl groups is 1. The van der Waals surface area contributed by atoms with Gasteiger partial charge in [-0.05, 0) is 36.8 Å². The standard InChI is InChI=1S/C24H39N5O2/c1-2-25-24(29-10-7-20(17-29)16-27-11-13-31-14-12-27)26-15-23(30)19-28-9-8-21-5-3-4-6-22(21)18-28/h3-6,20,23,30H,2,7-19H2,1H3,(H,25,26). The van der Waals surface area contributed by atoms with Crippen molar-refractivity contribution < 1.29 is 9.84 Å². The fourth-order valence-electron chi connectivity index (χ4n) is 5.01. The van der Waals surface area contributed by atoms with Gasteiger partial charge in [-0.1, -0.05) is 24.3 Å². The number of rotatable bonds is 7. The van der Waals surface area contributed by atoms with Gasteiger partial charge in [-0.3, -0.25) is 14.8 Å². The van der Waals surface area contributed by atoms with Crippen LogP contribution in [0, 0.1) is 5.92 Å². The van der Waals surface area contributed by atoms with E-state index in [4.69, 9.17) is 9.73 Å². The van der Waals surface area contributed by atoms with E-state index in [0.29, 0.717) is 19.0 Å². The molecule has 1 aromatic carbocycles. The van der Waals surface area contributed by atoms with E-state index in [-0.39, 0.29) is 0 Å². The largest absolute Gasteiger partial charge is 0.390 e. The summed E-state index contributed by atoms with van der Waals surface area (Å²) >= 11 is 0. The van der Waals surface area contributed by atoms with Crippen LogP contribution in [0.2, 0.25) is 0 Å². The van der Waals surface area contributed by atoms with Crippen LogP contribution in [0.1, 0.15) is 24.5 Å². The minimum absolute atomic E-state index is 0.439. The van der Waals surface area contributed by atoms with Crippen molar-refractivity contribution in [3.63, 3.8) is 0 Å². The molecule has 3 aliphatic heterocycles. The number of hydrogen-bond donors (Lipinski definition) is 2. The first-order chi connectivity index (χ1) is 15.2. The van der Waals surface area contributed by atoms with Gasteiger partial charge in [0.2, 0.25) is 0 Å². The molecule has 4 rings (SSSR count). The van der Waals surface area contributed by atoms with Crippen LogP contribution in [0.4, 0.5) is 0 Å². The summed E-state index contributed by atoms with van der Waals surface area (Å²) in [5.41, 5.74) is 2.84. The zero-order valence-corrected chi connectivity index (χ0v) is 19.0. The molecule has 2 atom stereocenters. The number of guanidine groups is 1. The van der Waals surface area contributed by atoms with Crippen LogP contribution in [-0.2, 0) is 17.7 Å². The summed E-state index contributed by atoms with van der Waals surface area (Å²) < 4.78 is 5.47. The van der Waals surface area contributed by atoms with Gasteiger partial charge in [-0.15, -0.1) is 0 Å². The smallest absolute Gasteiger partial charge is 0.194 e.